The maximum absolute atomic E-state index is 14.6. The number of benzene rings is 2. The maximum atomic E-state index is 14.6. The van der Waals surface area contributed by atoms with Gasteiger partial charge >= 0.3 is 0 Å². The van der Waals surface area contributed by atoms with Gasteiger partial charge in [0.1, 0.15) is 11.6 Å². The van der Waals surface area contributed by atoms with Crippen LogP contribution in [0.2, 0.25) is 0 Å². The molecular formula is C20H24F2N2. The molecule has 1 unspecified atom stereocenters. The fourth-order valence-electron chi connectivity index (χ4n) is 3.71. The molecule has 0 aromatic heterocycles. The van der Waals surface area contributed by atoms with Crippen molar-refractivity contribution in [2.45, 2.75) is 31.7 Å². The third-order valence-corrected chi connectivity index (χ3v) is 4.85. The number of nitrogens with one attached hydrogen (secondary N) is 1. The summed E-state index contributed by atoms with van der Waals surface area (Å²) in [6, 6.07) is 11.9. The summed E-state index contributed by atoms with van der Waals surface area (Å²) < 4.78 is 28.4. The Balaban J connectivity index is 2.07. The molecule has 0 saturated heterocycles. The number of hydrogen-bond acceptors (Lipinski definition) is 2. The molecule has 3 rings (SSSR count). The minimum absolute atomic E-state index is 0.0643. The van der Waals surface area contributed by atoms with Crippen LogP contribution < -0.4 is 10.2 Å². The molecule has 0 aliphatic carbocycles. The van der Waals surface area contributed by atoms with Crippen LogP contribution >= 0.6 is 0 Å². The molecule has 0 radical (unpaired) electrons. The second kappa shape index (κ2) is 6.52. The van der Waals surface area contributed by atoms with Gasteiger partial charge in [0.25, 0.3) is 0 Å². The lowest BCUT2D eigenvalue weighted by molar-refractivity contribution is 0.492. The van der Waals surface area contributed by atoms with Gasteiger partial charge in [-0.25, -0.2) is 8.78 Å². The van der Waals surface area contributed by atoms with Crippen LogP contribution in [-0.2, 0) is 5.41 Å². The first kappa shape index (κ1) is 16.9. The first-order valence-corrected chi connectivity index (χ1v) is 8.40. The van der Waals surface area contributed by atoms with Gasteiger partial charge in [0, 0.05) is 12.0 Å². The summed E-state index contributed by atoms with van der Waals surface area (Å²) in [5.41, 5.74) is 2.43. The third kappa shape index (κ3) is 3.03. The summed E-state index contributed by atoms with van der Waals surface area (Å²) in [5, 5.41) is 3.15. The van der Waals surface area contributed by atoms with Crippen molar-refractivity contribution in [3.05, 3.63) is 65.2 Å². The third-order valence-electron chi connectivity index (χ3n) is 4.85. The minimum Gasteiger partial charge on any atom is -0.361 e. The van der Waals surface area contributed by atoms with Crippen LogP contribution in [0, 0.1) is 11.6 Å². The molecule has 0 amide bonds. The average Bonchev–Trinajstić information content (AvgIpc) is 2.81. The topological polar surface area (TPSA) is 15.3 Å². The molecule has 0 bridgehead atoms. The van der Waals surface area contributed by atoms with E-state index in [9.17, 15) is 8.78 Å². The fraction of sp³-hybridized carbons (Fsp3) is 0.400. The Hall–Kier alpha value is -1.94. The largest absolute Gasteiger partial charge is 0.361 e. The summed E-state index contributed by atoms with van der Waals surface area (Å²) in [6.45, 7) is 5.76. The molecule has 4 heteroatoms. The van der Waals surface area contributed by atoms with Gasteiger partial charge in [0.05, 0.1) is 11.7 Å². The monoisotopic (exact) mass is 330 g/mol. The van der Waals surface area contributed by atoms with E-state index in [0.717, 1.165) is 24.1 Å². The van der Waals surface area contributed by atoms with Crippen molar-refractivity contribution < 1.29 is 8.78 Å². The first-order valence-electron chi connectivity index (χ1n) is 8.40. The molecule has 0 fully saturated rings. The highest BCUT2D eigenvalue weighted by molar-refractivity contribution is 5.64. The fourth-order valence-corrected chi connectivity index (χ4v) is 3.71. The van der Waals surface area contributed by atoms with Gasteiger partial charge < -0.3 is 10.2 Å². The molecule has 1 atom stereocenters. The Morgan fingerprint density at radius 1 is 1.17 bits per heavy atom. The van der Waals surface area contributed by atoms with Gasteiger partial charge in [0.15, 0.2) is 0 Å². The van der Waals surface area contributed by atoms with Crippen LogP contribution in [0.5, 0.6) is 0 Å². The van der Waals surface area contributed by atoms with E-state index in [4.69, 9.17) is 0 Å². The second-order valence-electron chi connectivity index (χ2n) is 7.11. The summed E-state index contributed by atoms with van der Waals surface area (Å²) in [4.78, 5) is 2.11. The summed E-state index contributed by atoms with van der Waals surface area (Å²) in [7, 11) is 1.89. The van der Waals surface area contributed by atoms with Crippen LogP contribution in [0.15, 0.2) is 42.5 Å². The molecule has 2 nitrogen and oxygen atoms in total. The predicted octanol–water partition coefficient (Wildman–Crippen LogP) is 4.41. The van der Waals surface area contributed by atoms with Crippen LogP contribution in [0.25, 0.3) is 0 Å². The zero-order valence-corrected chi connectivity index (χ0v) is 14.4. The first-order chi connectivity index (χ1) is 11.4. The van der Waals surface area contributed by atoms with Crippen molar-refractivity contribution >= 4 is 5.69 Å². The van der Waals surface area contributed by atoms with Gasteiger partial charge in [0.2, 0.25) is 0 Å². The Labute approximate surface area is 142 Å². The number of hydrogen-bond donors (Lipinski definition) is 1. The SMILES string of the molecule is CNCCC(c1cccc(F)c1)N1CC(C)(C)c2cccc(F)c21. The molecular weight excluding hydrogens is 306 g/mol. The lowest BCUT2D eigenvalue weighted by Crippen LogP contribution is -2.34. The highest BCUT2D eigenvalue weighted by Crippen LogP contribution is 2.46. The molecule has 2 aromatic carbocycles. The quantitative estimate of drug-likeness (QED) is 0.873. The summed E-state index contributed by atoms with van der Waals surface area (Å²) >= 11 is 0. The lowest BCUT2D eigenvalue weighted by Gasteiger charge is -2.32. The van der Waals surface area contributed by atoms with E-state index in [1.54, 1.807) is 18.2 Å². The van der Waals surface area contributed by atoms with E-state index >= 15 is 0 Å². The number of para-hydroxylation sites is 1. The zero-order chi connectivity index (χ0) is 17.3. The summed E-state index contributed by atoms with van der Waals surface area (Å²) in [5.74, 6) is -0.460. The van der Waals surface area contributed by atoms with E-state index in [-0.39, 0.29) is 23.1 Å². The minimum atomic E-state index is -0.255. The number of nitrogens with zero attached hydrogens (tertiary/aromatic N) is 1. The van der Waals surface area contributed by atoms with Gasteiger partial charge in [-0.3, -0.25) is 0 Å². The predicted molar refractivity (Wildman–Crippen MR) is 94.5 cm³/mol. The van der Waals surface area contributed by atoms with Gasteiger partial charge in [-0.15, -0.1) is 0 Å². The van der Waals surface area contributed by atoms with Crippen LogP contribution in [0.1, 0.15) is 37.4 Å². The van der Waals surface area contributed by atoms with E-state index in [2.05, 4.69) is 24.1 Å². The van der Waals surface area contributed by atoms with Crippen molar-refractivity contribution in [3.8, 4) is 0 Å². The number of fused-ring (bicyclic) bond motifs is 1. The molecule has 2 aromatic rings. The summed E-state index contributed by atoms with van der Waals surface area (Å²) in [6.07, 6.45) is 0.782. The highest BCUT2D eigenvalue weighted by atomic mass is 19.1. The smallest absolute Gasteiger partial charge is 0.146 e. The Bertz CT molecular complexity index is 727. The molecule has 1 aliphatic heterocycles. The molecule has 24 heavy (non-hydrogen) atoms. The zero-order valence-electron chi connectivity index (χ0n) is 14.4. The standard InChI is InChI=1S/C20H24F2N2/c1-20(2)13-24(19-16(20)8-5-9-17(19)22)18(10-11-23-3)14-6-4-7-15(21)12-14/h4-9,12,18,23H,10-11,13H2,1-3H3. The lowest BCUT2D eigenvalue weighted by atomic mass is 9.87. The molecule has 128 valence electrons. The van der Waals surface area contributed by atoms with Crippen LogP contribution in [-0.4, -0.2) is 20.1 Å². The molecule has 0 spiro atoms. The van der Waals surface area contributed by atoms with E-state index in [0.29, 0.717) is 12.2 Å². The molecule has 0 saturated carbocycles. The molecule has 1 aliphatic rings. The van der Waals surface area contributed by atoms with Crippen molar-refractivity contribution in [2.24, 2.45) is 0 Å². The maximum Gasteiger partial charge on any atom is 0.146 e. The van der Waals surface area contributed by atoms with Crippen molar-refractivity contribution in [1.29, 1.82) is 0 Å². The molecule has 1 heterocycles. The van der Waals surface area contributed by atoms with E-state index < -0.39 is 0 Å². The van der Waals surface area contributed by atoms with Crippen LogP contribution in [0.3, 0.4) is 0 Å². The number of anilines is 1. The van der Waals surface area contributed by atoms with Crippen molar-refractivity contribution in [3.63, 3.8) is 0 Å². The van der Waals surface area contributed by atoms with Gasteiger partial charge in [-0.1, -0.05) is 38.1 Å². The van der Waals surface area contributed by atoms with Gasteiger partial charge in [-0.05, 0) is 49.3 Å². The van der Waals surface area contributed by atoms with Crippen molar-refractivity contribution in [1.82, 2.24) is 5.32 Å². The highest BCUT2D eigenvalue weighted by Gasteiger charge is 2.40. The number of rotatable bonds is 5. The Morgan fingerprint density at radius 3 is 2.62 bits per heavy atom. The van der Waals surface area contributed by atoms with E-state index in [1.165, 1.54) is 12.1 Å². The van der Waals surface area contributed by atoms with Crippen molar-refractivity contribution in [2.75, 3.05) is 25.0 Å². The Kier molecular flexibility index (Phi) is 4.59. The average molecular weight is 330 g/mol. The van der Waals surface area contributed by atoms with E-state index in [1.807, 2.05) is 19.2 Å². The van der Waals surface area contributed by atoms with Crippen LogP contribution in [0.4, 0.5) is 14.5 Å². The van der Waals surface area contributed by atoms with Gasteiger partial charge in [-0.2, -0.15) is 0 Å². The number of halogens is 2. The molecule has 1 N–H and O–H groups in total. The Morgan fingerprint density at radius 2 is 1.92 bits per heavy atom. The normalized spacial score (nSPS) is 17.0. The second-order valence-corrected chi connectivity index (χ2v) is 7.11.